The molecular formula is C15H13ClN4O. The van der Waals surface area contributed by atoms with Gasteiger partial charge in [0, 0.05) is 36.3 Å². The van der Waals surface area contributed by atoms with Crippen molar-refractivity contribution in [3.63, 3.8) is 0 Å². The van der Waals surface area contributed by atoms with Gasteiger partial charge in [0.2, 0.25) is 0 Å². The maximum Gasteiger partial charge on any atom is 0.251 e. The number of aryl methyl sites for hydroxylation is 1. The molecule has 0 fully saturated rings. The first kappa shape index (κ1) is 13.6. The quantitative estimate of drug-likeness (QED) is 0.808. The predicted molar refractivity (Wildman–Crippen MR) is 81.3 cm³/mol. The fourth-order valence-electron chi connectivity index (χ4n) is 2.09. The SMILES string of the molecule is Cn1cc(-c2cc(=O)[nH]c(Cc3ccc(Cl)cc3)n2)cn1. The lowest BCUT2D eigenvalue weighted by atomic mass is 10.1. The van der Waals surface area contributed by atoms with Gasteiger partial charge in [-0.05, 0) is 17.7 Å². The van der Waals surface area contributed by atoms with Crippen LogP contribution in [0.4, 0.5) is 0 Å². The van der Waals surface area contributed by atoms with E-state index in [1.165, 1.54) is 6.07 Å². The van der Waals surface area contributed by atoms with Crippen LogP contribution in [0.15, 0.2) is 47.5 Å². The van der Waals surface area contributed by atoms with Crippen LogP contribution in [0.1, 0.15) is 11.4 Å². The molecule has 0 aliphatic carbocycles. The molecule has 0 unspecified atom stereocenters. The van der Waals surface area contributed by atoms with Crippen LogP contribution in [0.2, 0.25) is 5.02 Å². The monoisotopic (exact) mass is 300 g/mol. The molecule has 0 amide bonds. The van der Waals surface area contributed by atoms with Gasteiger partial charge in [0.25, 0.3) is 5.56 Å². The zero-order chi connectivity index (χ0) is 14.8. The van der Waals surface area contributed by atoms with Gasteiger partial charge in [-0.15, -0.1) is 0 Å². The largest absolute Gasteiger partial charge is 0.310 e. The minimum atomic E-state index is -0.173. The Bertz CT molecular complexity index is 820. The van der Waals surface area contributed by atoms with Crippen LogP contribution in [-0.4, -0.2) is 19.7 Å². The van der Waals surface area contributed by atoms with Crippen molar-refractivity contribution in [3.05, 3.63) is 69.5 Å². The molecule has 0 saturated heterocycles. The van der Waals surface area contributed by atoms with Gasteiger partial charge in [0.15, 0.2) is 0 Å². The van der Waals surface area contributed by atoms with Crippen LogP contribution >= 0.6 is 11.6 Å². The number of halogens is 1. The predicted octanol–water partition coefficient (Wildman–Crippen LogP) is 2.41. The summed E-state index contributed by atoms with van der Waals surface area (Å²) in [4.78, 5) is 19.0. The van der Waals surface area contributed by atoms with Gasteiger partial charge in [0.1, 0.15) is 5.82 Å². The highest BCUT2D eigenvalue weighted by atomic mass is 35.5. The van der Waals surface area contributed by atoms with E-state index in [0.717, 1.165) is 11.1 Å². The number of hydrogen-bond acceptors (Lipinski definition) is 3. The first-order valence-corrected chi connectivity index (χ1v) is 6.82. The van der Waals surface area contributed by atoms with Crippen molar-refractivity contribution in [2.24, 2.45) is 7.05 Å². The van der Waals surface area contributed by atoms with E-state index in [9.17, 15) is 4.79 Å². The molecule has 1 aromatic carbocycles. The van der Waals surface area contributed by atoms with Crippen LogP contribution in [0.5, 0.6) is 0 Å². The van der Waals surface area contributed by atoms with Crippen LogP contribution < -0.4 is 5.56 Å². The highest BCUT2D eigenvalue weighted by Gasteiger charge is 2.07. The summed E-state index contributed by atoms with van der Waals surface area (Å²) in [5, 5.41) is 4.78. The molecule has 0 radical (unpaired) electrons. The second-order valence-corrected chi connectivity index (χ2v) is 5.22. The molecule has 3 rings (SSSR count). The van der Waals surface area contributed by atoms with Crippen molar-refractivity contribution in [3.8, 4) is 11.3 Å². The number of rotatable bonds is 3. The summed E-state index contributed by atoms with van der Waals surface area (Å²) in [7, 11) is 1.82. The number of benzene rings is 1. The van der Waals surface area contributed by atoms with Gasteiger partial charge in [-0.3, -0.25) is 9.48 Å². The maximum absolute atomic E-state index is 11.8. The van der Waals surface area contributed by atoms with Crippen LogP contribution in [-0.2, 0) is 13.5 Å². The van der Waals surface area contributed by atoms with E-state index in [1.807, 2.05) is 37.5 Å². The summed E-state index contributed by atoms with van der Waals surface area (Å²) in [5.74, 6) is 0.615. The van der Waals surface area contributed by atoms with Crippen molar-refractivity contribution in [2.75, 3.05) is 0 Å². The van der Waals surface area contributed by atoms with E-state index in [-0.39, 0.29) is 5.56 Å². The Morgan fingerprint density at radius 2 is 2.05 bits per heavy atom. The lowest BCUT2D eigenvalue weighted by molar-refractivity contribution is 0.768. The second-order valence-electron chi connectivity index (χ2n) is 4.78. The Hall–Kier alpha value is -2.40. The highest BCUT2D eigenvalue weighted by molar-refractivity contribution is 6.30. The third-order valence-corrected chi connectivity index (χ3v) is 3.33. The smallest absolute Gasteiger partial charge is 0.251 e. The average Bonchev–Trinajstić information content (AvgIpc) is 2.88. The van der Waals surface area contributed by atoms with Crippen molar-refractivity contribution >= 4 is 11.6 Å². The molecule has 0 aliphatic rings. The molecule has 3 aromatic rings. The maximum atomic E-state index is 11.8. The molecule has 106 valence electrons. The molecule has 0 saturated carbocycles. The minimum absolute atomic E-state index is 0.173. The highest BCUT2D eigenvalue weighted by Crippen LogP contribution is 2.15. The molecule has 1 N–H and O–H groups in total. The van der Waals surface area contributed by atoms with Gasteiger partial charge in [-0.1, -0.05) is 23.7 Å². The molecule has 21 heavy (non-hydrogen) atoms. The number of aromatic nitrogens is 4. The minimum Gasteiger partial charge on any atom is -0.310 e. The molecule has 0 atom stereocenters. The topological polar surface area (TPSA) is 63.6 Å². The molecular weight excluding hydrogens is 288 g/mol. The molecule has 2 heterocycles. The van der Waals surface area contributed by atoms with Crippen molar-refractivity contribution in [1.82, 2.24) is 19.7 Å². The van der Waals surface area contributed by atoms with Gasteiger partial charge < -0.3 is 4.98 Å². The zero-order valence-corrected chi connectivity index (χ0v) is 12.1. The molecule has 2 aromatic heterocycles. The lowest BCUT2D eigenvalue weighted by Crippen LogP contribution is -2.11. The number of hydrogen-bond donors (Lipinski definition) is 1. The Morgan fingerprint density at radius 3 is 2.71 bits per heavy atom. The first-order chi connectivity index (χ1) is 10.1. The fraction of sp³-hybridized carbons (Fsp3) is 0.133. The lowest BCUT2D eigenvalue weighted by Gasteiger charge is -2.03. The van der Waals surface area contributed by atoms with E-state index in [2.05, 4.69) is 15.1 Å². The molecule has 0 spiro atoms. The van der Waals surface area contributed by atoms with Crippen LogP contribution in [0.3, 0.4) is 0 Å². The third kappa shape index (κ3) is 3.20. The molecule has 0 aliphatic heterocycles. The molecule has 5 nitrogen and oxygen atoms in total. The summed E-state index contributed by atoms with van der Waals surface area (Å²) in [6, 6.07) is 8.94. The van der Waals surface area contributed by atoms with Gasteiger partial charge >= 0.3 is 0 Å². The van der Waals surface area contributed by atoms with E-state index >= 15 is 0 Å². The number of nitrogens with zero attached hydrogens (tertiary/aromatic N) is 3. The van der Waals surface area contributed by atoms with E-state index in [1.54, 1.807) is 10.9 Å². The van der Waals surface area contributed by atoms with Crippen molar-refractivity contribution in [1.29, 1.82) is 0 Å². The number of nitrogens with one attached hydrogen (secondary N) is 1. The van der Waals surface area contributed by atoms with Crippen LogP contribution in [0.25, 0.3) is 11.3 Å². The fourth-order valence-corrected chi connectivity index (χ4v) is 2.21. The van der Waals surface area contributed by atoms with Gasteiger partial charge in [0.05, 0.1) is 11.9 Å². The van der Waals surface area contributed by atoms with Crippen LogP contribution in [0, 0.1) is 0 Å². The van der Waals surface area contributed by atoms with Gasteiger partial charge in [-0.25, -0.2) is 4.98 Å². The van der Waals surface area contributed by atoms with E-state index in [4.69, 9.17) is 11.6 Å². The van der Waals surface area contributed by atoms with Gasteiger partial charge in [-0.2, -0.15) is 5.10 Å². The van der Waals surface area contributed by atoms with E-state index < -0.39 is 0 Å². The first-order valence-electron chi connectivity index (χ1n) is 6.44. The summed E-state index contributed by atoms with van der Waals surface area (Å²) < 4.78 is 1.68. The summed E-state index contributed by atoms with van der Waals surface area (Å²) in [5.41, 5.74) is 2.30. The van der Waals surface area contributed by atoms with E-state index in [0.29, 0.717) is 23.0 Å². The average molecular weight is 301 g/mol. The third-order valence-electron chi connectivity index (χ3n) is 3.08. The summed E-state index contributed by atoms with van der Waals surface area (Å²) in [6.45, 7) is 0. The summed E-state index contributed by atoms with van der Waals surface area (Å²) >= 11 is 5.86. The Balaban J connectivity index is 1.94. The Morgan fingerprint density at radius 1 is 1.29 bits per heavy atom. The standard InChI is InChI=1S/C15H13ClN4O/c1-20-9-11(8-17-20)13-7-15(21)19-14(18-13)6-10-2-4-12(16)5-3-10/h2-5,7-9H,6H2,1H3,(H,18,19,21). The molecule has 0 bridgehead atoms. The zero-order valence-electron chi connectivity index (χ0n) is 11.4. The van der Waals surface area contributed by atoms with Crippen molar-refractivity contribution < 1.29 is 0 Å². The number of aromatic amines is 1. The van der Waals surface area contributed by atoms with Crippen molar-refractivity contribution in [2.45, 2.75) is 6.42 Å². The molecule has 6 heteroatoms. The normalized spacial score (nSPS) is 10.8. The Labute approximate surface area is 126 Å². The second kappa shape index (κ2) is 5.54. The summed E-state index contributed by atoms with van der Waals surface area (Å²) in [6.07, 6.45) is 4.06. The Kier molecular flexibility index (Phi) is 3.58. The number of H-pyrrole nitrogens is 1.